The van der Waals surface area contributed by atoms with Gasteiger partial charge in [-0.15, -0.1) is 0 Å². The van der Waals surface area contributed by atoms with E-state index in [-0.39, 0.29) is 11.9 Å². The van der Waals surface area contributed by atoms with Crippen LogP contribution in [0.4, 0.5) is 0 Å². The van der Waals surface area contributed by atoms with Crippen molar-refractivity contribution in [3.63, 3.8) is 0 Å². The first kappa shape index (κ1) is 15.6. The number of carbonyl (C=O) groups excluding carboxylic acids is 1. The predicted molar refractivity (Wildman–Crippen MR) is 83.2 cm³/mol. The van der Waals surface area contributed by atoms with E-state index in [2.05, 4.69) is 10.6 Å². The third kappa shape index (κ3) is 5.25. The summed E-state index contributed by atoms with van der Waals surface area (Å²) in [6.45, 7) is 2.99. The van der Waals surface area contributed by atoms with Crippen molar-refractivity contribution < 1.29 is 9.21 Å². The van der Waals surface area contributed by atoms with Gasteiger partial charge in [0.1, 0.15) is 5.76 Å². The van der Waals surface area contributed by atoms with E-state index in [1.807, 2.05) is 37.3 Å². The second-order valence-electron chi connectivity index (χ2n) is 4.85. The van der Waals surface area contributed by atoms with E-state index in [0.717, 1.165) is 23.7 Å². The fourth-order valence-corrected chi connectivity index (χ4v) is 2.04. The van der Waals surface area contributed by atoms with Crippen molar-refractivity contribution in [3.05, 3.63) is 59.0 Å². The smallest absolute Gasteiger partial charge is 0.237 e. The van der Waals surface area contributed by atoms with Gasteiger partial charge in [0.05, 0.1) is 18.8 Å². The van der Waals surface area contributed by atoms with Crippen molar-refractivity contribution in [2.45, 2.75) is 25.9 Å². The quantitative estimate of drug-likeness (QED) is 0.827. The second kappa shape index (κ2) is 7.86. The second-order valence-corrected chi connectivity index (χ2v) is 5.29. The third-order valence-corrected chi connectivity index (χ3v) is 3.44. The van der Waals surface area contributed by atoms with Gasteiger partial charge in [-0.2, -0.15) is 0 Å². The highest BCUT2D eigenvalue weighted by Gasteiger charge is 2.11. The molecular weight excluding hydrogens is 288 g/mol. The summed E-state index contributed by atoms with van der Waals surface area (Å²) in [5, 5.41) is 6.76. The molecule has 0 aliphatic carbocycles. The number of carbonyl (C=O) groups is 1. The summed E-state index contributed by atoms with van der Waals surface area (Å²) >= 11 is 5.84. The number of benzene rings is 1. The Morgan fingerprint density at radius 3 is 2.71 bits per heavy atom. The van der Waals surface area contributed by atoms with E-state index in [1.54, 1.807) is 12.3 Å². The minimum atomic E-state index is -0.243. The summed E-state index contributed by atoms with van der Waals surface area (Å²) in [4.78, 5) is 11.9. The zero-order valence-electron chi connectivity index (χ0n) is 11.9. The highest BCUT2D eigenvalue weighted by atomic mass is 35.5. The van der Waals surface area contributed by atoms with E-state index in [0.29, 0.717) is 6.54 Å². The third-order valence-electron chi connectivity index (χ3n) is 3.19. The van der Waals surface area contributed by atoms with E-state index >= 15 is 0 Å². The number of hydrogen-bond donors (Lipinski definition) is 2. The van der Waals surface area contributed by atoms with Crippen LogP contribution in [0.1, 0.15) is 18.2 Å². The van der Waals surface area contributed by atoms with Gasteiger partial charge in [-0.1, -0.05) is 23.7 Å². The van der Waals surface area contributed by atoms with E-state index in [9.17, 15) is 4.79 Å². The highest BCUT2D eigenvalue weighted by Crippen LogP contribution is 2.09. The van der Waals surface area contributed by atoms with Gasteiger partial charge in [-0.25, -0.2) is 0 Å². The topological polar surface area (TPSA) is 54.3 Å². The van der Waals surface area contributed by atoms with Crippen LogP contribution in [0.2, 0.25) is 5.02 Å². The van der Waals surface area contributed by atoms with Crippen LogP contribution in [0, 0.1) is 0 Å². The maximum Gasteiger partial charge on any atom is 0.237 e. The Hall–Kier alpha value is -1.78. The highest BCUT2D eigenvalue weighted by molar-refractivity contribution is 6.30. The van der Waals surface area contributed by atoms with Gasteiger partial charge in [0.15, 0.2) is 0 Å². The minimum Gasteiger partial charge on any atom is -0.467 e. The van der Waals surface area contributed by atoms with Crippen molar-refractivity contribution >= 4 is 17.5 Å². The van der Waals surface area contributed by atoms with Gasteiger partial charge in [0.25, 0.3) is 0 Å². The van der Waals surface area contributed by atoms with Crippen molar-refractivity contribution in [1.82, 2.24) is 10.6 Å². The van der Waals surface area contributed by atoms with Crippen LogP contribution in [-0.4, -0.2) is 18.5 Å². The lowest BCUT2D eigenvalue weighted by Gasteiger charge is -2.13. The molecule has 2 N–H and O–H groups in total. The molecule has 112 valence electrons. The standard InChI is InChI=1S/C16H19ClN2O2/c1-12(16(20)19-11-15-3-2-10-21-15)18-9-8-13-4-6-14(17)7-5-13/h2-7,10,12,18H,8-9,11H2,1H3,(H,19,20). The number of halogens is 1. The number of amides is 1. The Balaban J connectivity index is 1.67. The number of furan rings is 1. The van der Waals surface area contributed by atoms with Crippen LogP contribution in [0.25, 0.3) is 0 Å². The fourth-order valence-electron chi connectivity index (χ4n) is 1.92. The van der Waals surface area contributed by atoms with Crippen LogP contribution in [0.15, 0.2) is 47.1 Å². The zero-order chi connectivity index (χ0) is 15.1. The van der Waals surface area contributed by atoms with Gasteiger partial charge >= 0.3 is 0 Å². The van der Waals surface area contributed by atoms with Crippen LogP contribution in [0.3, 0.4) is 0 Å². The molecule has 0 aliphatic heterocycles. The number of rotatable bonds is 7. The molecule has 0 radical (unpaired) electrons. The monoisotopic (exact) mass is 306 g/mol. The molecule has 0 spiro atoms. The Kier molecular flexibility index (Phi) is 5.84. The van der Waals surface area contributed by atoms with Crippen molar-refractivity contribution in [2.75, 3.05) is 6.54 Å². The predicted octanol–water partition coefficient (Wildman–Crippen LogP) is 2.77. The molecule has 0 bridgehead atoms. The van der Waals surface area contributed by atoms with Gasteiger partial charge in [0, 0.05) is 5.02 Å². The lowest BCUT2D eigenvalue weighted by Crippen LogP contribution is -2.42. The molecule has 1 amide bonds. The summed E-state index contributed by atoms with van der Waals surface area (Å²) in [6.07, 6.45) is 2.45. The molecule has 5 heteroatoms. The van der Waals surface area contributed by atoms with Crippen molar-refractivity contribution in [2.24, 2.45) is 0 Å². The minimum absolute atomic E-state index is 0.0393. The molecule has 4 nitrogen and oxygen atoms in total. The average Bonchev–Trinajstić information content (AvgIpc) is 3.00. The van der Waals surface area contributed by atoms with E-state index < -0.39 is 0 Å². The summed E-state index contributed by atoms with van der Waals surface area (Å²) in [6, 6.07) is 11.1. The molecule has 0 saturated heterocycles. The molecule has 0 saturated carbocycles. The Labute approximate surface area is 129 Å². The van der Waals surface area contributed by atoms with Crippen molar-refractivity contribution in [1.29, 1.82) is 0 Å². The molecular formula is C16H19ClN2O2. The molecule has 1 aromatic carbocycles. The van der Waals surface area contributed by atoms with Gasteiger partial charge in [-0.05, 0) is 49.7 Å². The molecule has 1 aromatic heterocycles. The van der Waals surface area contributed by atoms with Crippen molar-refractivity contribution in [3.8, 4) is 0 Å². The maximum absolute atomic E-state index is 11.9. The van der Waals surface area contributed by atoms with Crippen LogP contribution >= 0.6 is 11.6 Å². The van der Waals surface area contributed by atoms with Crippen LogP contribution < -0.4 is 10.6 Å². The summed E-state index contributed by atoms with van der Waals surface area (Å²) in [5.41, 5.74) is 1.19. The molecule has 1 unspecified atom stereocenters. The number of nitrogens with one attached hydrogen (secondary N) is 2. The molecule has 2 rings (SSSR count). The summed E-state index contributed by atoms with van der Waals surface area (Å²) in [7, 11) is 0. The Morgan fingerprint density at radius 2 is 2.05 bits per heavy atom. The normalized spacial score (nSPS) is 12.1. The molecule has 0 fully saturated rings. The largest absolute Gasteiger partial charge is 0.467 e. The summed E-state index contributed by atoms with van der Waals surface area (Å²) in [5.74, 6) is 0.708. The van der Waals surface area contributed by atoms with Crippen LogP contribution in [-0.2, 0) is 17.8 Å². The Morgan fingerprint density at radius 1 is 1.29 bits per heavy atom. The van der Waals surface area contributed by atoms with Gasteiger partial charge in [0.2, 0.25) is 5.91 Å². The summed E-state index contributed by atoms with van der Waals surface area (Å²) < 4.78 is 5.17. The first-order chi connectivity index (χ1) is 10.1. The van der Waals surface area contributed by atoms with E-state index in [1.165, 1.54) is 5.56 Å². The lowest BCUT2D eigenvalue weighted by molar-refractivity contribution is -0.123. The Bertz CT molecular complexity index is 552. The van der Waals surface area contributed by atoms with Gasteiger partial charge in [-0.3, -0.25) is 4.79 Å². The first-order valence-corrected chi connectivity index (χ1v) is 7.31. The van der Waals surface area contributed by atoms with Crippen LogP contribution in [0.5, 0.6) is 0 Å². The molecule has 0 aliphatic rings. The molecule has 21 heavy (non-hydrogen) atoms. The van der Waals surface area contributed by atoms with E-state index in [4.69, 9.17) is 16.0 Å². The number of hydrogen-bond acceptors (Lipinski definition) is 3. The molecule has 1 atom stereocenters. The average molecular weight is 307 g/mol. The lowest BCUT2D eigenvalue weighted by atomic mass is 10.1. The maximum atomic E-state index is 11.9. The fraction of sp³-hybridized carbons (Fsp3) is 0.312. The molecule has 1 heterocycles. The van der Waals surface area contributed by atoms with Gasteiger partial charge < -0.3 is 15.1 Å². The SMILES string of the molecule is CC(NCCc1ccc(Cl)cc1)C(=O)NCc1ccco1. The zero-order valence-corrected chi connectivity index (χ0v) is 12.7. The first-order valence-electron chi connectivity index (χ1n) is 6.93. The molecule has 2 aromatic rings.